The summed E-state index contributed by atoms with van der Waals surface area (Å²) in [4.78, 5) is 3.72. The second-order valence-corrected chi connectivity index (χ2v) is 3.03. The molecule has 1 atom stereocenters. The van der Waals surface area contributed by atoms with Crippen LogP contribution in [0.2, 0.25) is 0 Å². The number of hydrogen-bond acceptors (Lipinski definition) is 2. The molecule has 1 N–H and O–H groups in total. The largest absolute Gasteiger partial charge is 0.392 e. The van der Waals surface area contributed by atoms with Crippen LogP contribution in [0.15, 0.2) is 24.5 Å². The molecule has 1 aromatic rings. The molecule has 0 saturated heterocycles. The highest BCUT2D eigenvalue weighted by Gasteiger charge is 2.30. The minimum absolute atomic E-state index is 0.00201. The zero-order chi connectivity index (χ0) is 10.6. The van der Waals surface area contributed by atoms with Gasteiger partial charge in [-0.25, -0.2) is 0 Å². The predicted molar refractivity (Wildman–Crippen MR) is 44.6 cm³/mol. The van der Waals surface area contributed by atoms with Crippen molar-refractivity contribution in [1.82, 2.24) is 4.98 Å². The van der Waals surface area contributed by atoms with E-state index >= 15 is 0 Å². The van der Waals surface area contributed by atoms with Gasteiger partial charge >= 0.3 is 6.18 Å². The molecule has 1 aromatic heterocycles. The van der Waals surface area contributed by atoms with Gasteiger partial charge in [0.15, 0.2) is 0 Å². The van der Waals surface area contributed by atoms with Crippen LogP contribution in [0.1, 0.15) is 12.0 Å². The molecule has 5 heteroatoms. The monoisotopic (exact) mass is 205 g/mol. The summed E-state index contributed by atoms with van der Waals surface area (Å²) in [5.74, 6) is 0. The van der Waals surface area contributed by atoms with E-state index in [2.05, 4.69) is 4.98 Å². The molecule has 14 heavy (non-hydrogen) atoms. The molecule has 0 aliphatic carbocycles. The summed E-state index contributed by atoms with van der Waals surface area (Å²) in [5, 5.41) is 9.10. The van der Waals surface area contributed by atoms with Gasteiger partial charge in [-0.1, -0.05) is 0 Å². The van der Waals surface area contributed by atoms with E-state index in [0.29, 0.717) is 5.56 Å². The molecule has 0 spiro atoms. The lowest BCUT2D eigenvalue weighted by Crippen LogP contribution is -2.21. The van der Waals surface area contributed by atoms with Gasteiger partial charge in [-0.05, 0) is 24.1 Å². The maximum atomic E-state index is 11.8. The highest BCUT2D eigenvalue weighted by atomic mass is 19.4. The Morgan fingerprint density at radius 2 is 1.86 bits per heavy atom. The van der Waals surface area contributed by atoms with Crippen molar-refractivity contribution in [3.63, 3.8) is 0 Å². The second-order valence-electron chi connectivity index (χ2n) is 3.03. The van der Waals surface area contributed by atoms with Gasteiger partial charge in [-0.15, -0.1) is 0 Å². The summed E-state index contributed by atoms with van der Waals surface area (Å²) in [6.45, 7) is 0. The van der Waals surface area contributed by atoms with E-state index in [1.165, 1.54) is 12.4 Å². The highest BCUT2D eigenvalue weighted by Crippen LogP contribution is 2.22. The van der Waals surface area contributed by atoms with E-state index in [1.807, 2.05) is 0 Å². The lowest BCUT2D eigenvalue weighted by atomic mass is 10.1. The van der Waals surface area contributed by atoms with Crippen LogP contribution >= 0.6 is 0 Å². The Balaban J connectivity index is 2.46. The van der Waals surface area contributed by atoms with Gasteiger partial charge in [0, 0.05) is 12.4 Å². The summed E-state index contributed by atoms with van der Waals surface area (Å²) in [6, 6.07) is 3.17. The Morgan fingerprint density at radius 1 is 1.29 bits per heavy atom. The van der Waals surface area contributed by atoms with E-state index < -0.39 is 18.7 Å². The normalized spacial score (nSPS) is 14.0. The van der Waals surface area contributed by atoms with Gasteiger partial charge in [0.2, 0.25) is 0 Å². The smallest absolute Gasteiger partial charge is 0.391 e. The molecule has 0 aliphatic rings. The van der Waals surface area contributed by atoms with Gasteiger partial charge in [0.05, 0.1) is 12.5 Å². The van der Waals surface area contributed by atoms with Gasteiger partial charge in [0.1, 0.15) is 0 Å². The predicted octanol–water partition coefficient (Wildman–Crippen LogP) is 1.94. The fourth-order valence-electron chi connectivity index (χ4n) is 1.13. The first-order valence-electron chi connectivity index (χ1n) is 4.11. The van der Waals surface area contributed by atoms with Crippen LogP contribution in [-0.4, -0.2) is 22.4 Å². The topological polar surface area (TPSA) is 33.1 Å². The third-order valence-corrected chi connectivity index (χ3v) is 1.69. The van der Waals surface area contributed by atoms with Crippen molar-refractivity contribution in [1.29, 1.82) is 0 Å². The average Bonchev–Trinajstić information content (AvgIpc) is 2.02. The molecule has 78 valence electrons. The third-order valence-electron chi connectivity index (χ3n) is 1.69. The number of nitrogens with zero attached hydrogens (tertiary/aromatic N) is 1. The van der Waals surface area contributed by atoms with Crippen LogP contribution < -0.4 is 0 Å². The van der Waals surface area contributed by atoms with Crippen molar-refractivity contribution in [2.75, 3.05) is 0 Å². The first-order chi connectivity index (χ1) is 6.47. The number of aromatic nitrogens is 1. The van der Waals surface area contributed by atoms with Crippen molar-refractivity contribution in [2.24, 2.45) is 0 Å². The Labute approximate surface area is 79.4 Å². The van der Waals surface area contributed by atoms with Crippen LogP contribution in [0.25, 0.3) is 0 Å². The molecule has 2 nitrogen and oxygen atoms in total. The van der Waals surface area contributed by atoms with Crippen molar-refractivity contribution >= 4 is 0 Å². The zero-order valence-electron chi connectivity index (χ0n) is 7.33. The van der Waals surface area contributed by atoms with Crippen molar-refractivity contribution < 1.29 is 18.3 Å². The number of halogens is 3. The van der Waals surface area contributed by atoms with Crippen LogP contribution in [0, 0.1) is 0 Å². The molecule has 1 unspecified atom stereocenters. The highest BCUT2D eigenvalue weighted by molar-refractivity contribution is 5.10. The van der Waals surface area contributed by atoms with E-state index in [9.17, 15) is 13.2 Å². The fourth-order valence-corrected chi connectivity index (χ4v) is 1.13. The Morgan fingerprint density at radius 3 is 2.36 bits per heavy atom. The number of hydrogen-bond donors (Lipinski definition) is 1. The van der Waals surface area contributed by atoms with Gasteiger partial charge in [-0.3, -0.25) is 4.98 Å². The summed E-state index contributed by atoms with van der Waals surface area (Å²) >= 11 is 0. The first-order valence-corrected chi connectivity index (χ1v) is 4.11. The first kappa shape index (κ1) is 11.0. The number of aliphatic hydroxyl groups is 1. The Bertz CT molecular complexity index is 273. The Hall–Kier alpha value is -1.10. The van der Waals surface area contributed by atoms with Crippen molar-refractivity contribution in [2.45, 2.75) is 25.1 Å². The molecular formula is C9H10F3NO. The molecule has 0 aliphatic heterocycles. The van der Waals surface area contributed by atoms with E-state index in [-0.39, 0.29) is 6.42 Å². The number of alkyl halides is 3. The maximum Gasteiger partial charge on any atom is 0.391 e. The summed E-state index contributed by atoms with van der Waals surface area (Å²) in [5.41, 5.74) is 0.650. The van der Waals surface area contributed by atoms with Crippen LogP contribution in [-0.2, 0) is 6.42 Å². The lowest BCUT2D eigenvalue weighted by Gasteiger charge is -2.12. The van der Waals surface area contributed by atoms with E-state index in [0.717, 1.165) is 0 Å². The minimum atomic E-state index is -4.31. The van der Waals surface area contributed by atoms with E-state index in [4.69, 9.17) is 5.11 Å². The standard InChI is InChI=1S/C9H10F3NO/c10-9(11,12)6-8(14)5-7-1-3-13-4-2-7/h1-4,8,14H,5-6H2. The summed E-state index contributed by atoms with van der Waals surface area (Å²) in [7, 11) is 0. The number of rotatable bonds is 3. The molecule has 0 bridgehead atoms. The van der Waals surface area contributed by atoms with Gasteiger partial charge in [-0.2, -0.15) is 13.2 Å². The van der Waals surface area contributed by atoms with Gasteiger partial charge in [0.25, 0.3) is 0 Å². The van der Waals surface area contributed by atoms with Gasteiger partial charge < -0.3 is 5.11 Å². The molecule has 1 rings (SSSR count). The molecule has 0 aromatic carbocycles. The minimum Gasteiger partial charge on any atom is -0.392 e. The summed E-state index contributed by atoms with van der Waals surface area (Å²) < 4.78 is 35.5. The third kappa shape index (κ3) is 4.23. The van der Waals surface area contributed by atoms with Crippen molar-refractivity contribution in [3.8, 4) is 0 Å². The quantitative estimate of drug-likeness (QED) is 0.817. The molecule has 0 radical (unpaired) electrons. The van der Waals surface area contributed by atoms with Crippen LogP contribution in [0.5, 0.6) is 0 Å². The lowest BCUT2D eigenvalue weighted by molar-refractivity contribution is -0.153. The fraction of sp³-hybridized carbons (Fsp3) is 0.444. The van der Waals surface area contributed by atoms with Crippen molar-refractivity contribution in [3.05, 3.63) is 30.1 Å². The molecular weight excluding hydrogens is 195 g/mol. The zero-order valence-corrected chi connectivity index (χ0v) is 7.33. The maximum absolute atomic E-state index is 11.8. The second kappa shape index (κ2) is 4.41. The van der Waals surface area contributed by atoms with E-state index in [1.54, 1.807) is 12.1 Å². The summed E-state index contributed by atoms with van der Waals surface area (Å²) in [6.07, 6.45) is -3.90. The molecule has 1 heterocycles. The SMILES string of the molecule is OC(Cc1ccncc1)CC(F)(F)F. The molecule has 0 amide bonds. The molecule has 0 fully saturated rings. The number of pyridine rings is 1. The van der Waals surface area contributed by atoms with Crippen LogP contribution in [0.3, 0.4) is 0 Å². The number of aliphatic hydroxyl groups excluding tert-OH is 1. The van der Waals surface area contributed by atoms with Crippen LogP contribution in [0.4, 0.5) is 13.2 Å². The average molecular weight is 205 g/mol. The molecule has 0 saturated carbocycles. The Kier molecular flexibility index (Phi) is 3.46.